The Bertz CT molecular complexity index is 1680. The van der Waals surface area contributed by atoms with E-state index >= 15 is 0 Å². The highest BCUT2D eigenvalue weighted by Crippen LogP contribution is 2.29. The second-order valence-corrected chi connectivity index (χ2v) is 8.59. The largest absolute Gasteiger partial charge is 0.494 e. The number of fused-ring (bicyclic) bond motifs is 1. The third kappa shape index (κ3) is 5.35. The van der Waals surface area contributed by atoms with Crippen molar-refractivity contribution in [2.75, 3.05) is 6.61 Å². The number of nitro groups is 1. The lowest BCUT2D eigenvalue weighted by molar-refractivity contribution is -0.384. The fourth-order valence-corrected chi connectivity index (χ4v) is 4.16. The summed E-state index contributed by atoms with van der Waals surface area (Å²) in [5.41, 5.74) is 6.90. The molecule has 0 atom stereocenters. The number of carbonyl (C=O) groups excluding carboxylic acids is 1. The number of nitrogens with one attached hydrogen (secondary N) is 1. The van der Waals surface area contributed by atoms with E-state index in [0.717, 1.165) is 17.0 Å². The number of hydrogen-bond acceptors (Lipinski definition) is 7. The van der Waals surface area contributed by atoms with Crippen molar-refractivity contribution < 1.29 is 14.5 Å². The first-order valence-electron chi connectivity index (χ1n) is 12.2. The van der Waals surface area contributed by atoms with Crippen LogP contribution in [0.4, 0.5) is 5.69 Å². The van der Waals surface area contributed by atoms with Gasteiger partial charge in [0.05, 0.1) is 45.8 Å². The topological polar surface area (TPSA) is 125 Å². The number of rotatable bonds is 8. The van der Waals surface area contributed by atoms with Crippen LogP contribution in [0.3, 0.4) is 0 Å². The maximum absolute atomic E-state index is 13.4. The molecule has 10 heteroatoms. The van der Waals surface area contributed by atoms with Crippen LogP contribution in [-0.4, -0.2) is 38.4 Å². The van der Waals surface area contributed by atoms with Gasteiger partial charge in [-0.15, -0.1) is 0 Å². The Balaban J connectivity index is 1.55. The number of non-ortho nitro benzene ring substituents is 1. The summed E-state index contributed by atoms with van der Waals surface area (Å²) in [4.78, 5) is 28.7. The zero-order valence-electron chi connectivity index (χ0n) is 21.2. The van der Waals surface area contributed by atoms with Crippen molar-refractivity contribution in [2.24, 2.45) is 5.10 Å². The average Bonchev–Trinajstić information content (AvgIpc) is 3.30. The molecule has 1 N–H and O–H groups in total. The lowest BCUT2D eigenvalue weighted by Gasteiger charge is -2.09. The summed E-state index contributed by atoms with van der Waals surface area (Å²) in [6.45, 7) is 4.31. The molecule has 10 nitrogen and oxygen atoms in total. The van der Waals surface area contributed by atoms with Gasteiger partial charge in [-0.3, -0.25) is 14.9 Å². The highest BCUT2D eigenvalue weighted by molar-refractivity contribution is 6.08. The molecular formula is C29H24N6O4. The van der Waals surface area contributed by atoms with Crippen LogP contribution in [0.2, 0.25) is 0 Å². The molecule has 0 radical (unpaired) electrons. The molecule has 0 fully saturated rings. The first kappa shape index (κ1) is 25.3. The minimum Gasteiger partial charge on any atom is -0.494 e. The van der Waals surface area contributed by atoms with Crippen LogP contribution in [0.25, 0.3) is 28.0 Å². The summed E-state index contributed by atoms with van der Waals surface area (Å²) >= 11 is 0. The van der Waals surface area contributed by atoms with E-state index in [1.807, 2.05) is 68.4 Å². The standard InChI is InChI=1S/C29H24N6O4/c1-3-39-24-15-11-21(12-16-24)26-17-25(29(36)32-30-18-20-9-13-23(14-10-20)35(37)38)27-19(2)33-34(28(27)31-26)22-7-5-4-6-8-22/h4-18H,3H2,1-2H3,(H,32,36)/b30-18-. The van der Waals surface area contributed by atoms with Crippen molar-refractivity contribution in [3.8, 4) is 22.7 Å². The van der Waals surface area contributed by atoms with Crippen LogP contribution >= 0.6 is 0 Å². The van der Waals surface area contributed by atoms with Crippen molar-refractivity contribution >= 4 is 28.8 Å². The predicted molar refractivity (Wildman–Crippen MR) is 148 cm³/mol. The van der Waals surface area contributed by atoms with Gasteiger partial charge in [-0.25, -0.2) is 15.1 Å². The number of aryl methyl sites for hydroxylation is 1. The van der Waals surface area contributed by atoms with Gasteiger partial charge in [-0.1, -0.05) is 18.2 Å². The van der Waals surface area contributed by atoms with Crippen LogP contribution in [0.5, 0.6) is 5.75 Å². The molecule has 194 valence electrons. The third-order valence-electron chi connectivity index (χ3n) is 6.00. The number of ether oxygens (including phenoxy) is 1. The van der Waals surface area contributed by atoms with Gasteiger partial charge in [-0.2, -0.15) is 10.2 Å². The highest BCUT2D eigenvalue weighted by Gasteiger charge is 2.21. The van der Waals surface area contributed by atoms with Gasteiger partial charge in [0.25, 0.3) is 11.6 Å². The molecular weight excluding hydrogens is 496 g/mol. The summed E-state index contributed by atoms with van der Waals surface area (Å²) in [7, 11) is 0. The van der Waals surface area contributed by atoms with E-state index in [-0.39, 0.29) is 5.69 Å². The second kappa shape index (κ2) is 10.9. The van der Waals surface area contributed by atoms with E-state index < -0.39 is 10.8 Å². The molecule has 39 heavy (non-hydrogen) atoms. The average molecular weight is 521 g/mol. The number of aromatic nitrogens is 3. The summed E-state index contributed by atoms with van der Waals surface area (Å²) in [5.74, 6) is 0.300. The van der Waals surface area contributed by atoms with Crippen LogP contribution < -0.4 is 10.2 Å². The van der Waals surface area contributed by atoms with Crippen LogP contribution in [-0.2, 0) is 0 Å². The monoisotopic (exact) mass is 520 g/mol. The number of carbonyl (C=O) groups is 1. The van der Waals surface area contributed by atoms with E-state index in [1.165, 1.54) is 18.3 Å². The Morgan fingerprint density at radius 1 is 1.08 bits per heavy atom. The number of para-hydroxylation sites is 1. The molecule has 0 aliphatic heterocycles. The number of hydrogen-bond donors (Lipinski definition) is 1. The molecule has 1 amide bonds. The number of hydrazone groups is 1. The molecule has 0 bridgehead atoms. The molecule has 0 aliphatic rings. The van der Waals surface area contributed by atoms with Crippen molar-refractivity contribution in [1.82, 2.24) is 20.2 Å². The van der Waals surface area contributed by atoms with Gasteiger partial charge in [0, 0.05) is 17.7 Å². The van der Waals surface area contributed by atoms with Gasteiger partial charge < -0.3 is 4.74 Å². The lowest BCUT2D eigenvalue weighted by Crippen LogP contribution is -2.18. The molecule has 0 unspecified atom stereocenters. The summed E-state index contributed by atoms with van der Waals surface area (Å²) in [6.07, 6.45) is 1.42. The van der Waals surface area contributed by atoms with Crippen molar-refractivity contribution in [3.63, 3.8) is 0 Å². The zero-order valence-corrected chi connectivity index (χ0v) is 21.2. The number of benzene rings is 3. The zero-order chi connectivity index (χ0) is 27.4. The molecule has 0 spiro atoms. The third-order valence-corrected chi connectivity index (χ3v) is 6.00. The Labute approximate surface area is 223 Å². The van der Waals surface area contributed by atoms with Gasteiger partial charge in [0.15, 0.2) is 5.65 Å². The van der Waals surface area contributed by atoms with E-state index in [0.29, 0.717) is 40.2 Å². The Morgan fingerprint density at radius 2 is 1.79 bits per heavy atom. The molecule has 0 aliphatic carbocycles. The van der Waals surface area contributed by atoms with E-state index in [9.17, 15) is 14.9 Å². The van der Waals surface area contributed by atoms with E-state index in [1.54, 1.807) is 22.9 Å². The fourth-order valence-electron chi connectivity index (χ4n) is 4.16. The summed E-state index contributed by atoms with van der Waals surface area (Å²) < 4.78 is 7.28. The first-order chi connectivity index (χ1) is 18.9. The quantitative estimate of drug-likeness (QED) is 0.164. The Hall–Kier alpha value is -5.38. The lowest BCUT2D eigenvalue weighted by atomic mass is 10.0. The van der Waals surface area contributed by atoms with Gasteiger partial charge in [0.2, 0.25) is 0 Å². The molecule has 2 aromatic heterocycles. The summed E-state index contributed by atoms with van der Waals surface area (Å²) in [5, 5.41) is 20.2. The number of amides is 1. The molecule has 5 rings (SSSR count). The Kier molecular flexibility index (Phi) is 7.09. The predicted octanol–water partition coefficient (Wildman–Crippen LogP) is 5.47. The van der Waals surface area contributed by atoms with E-state index in [4.69, 9.17) is 9.72 Å². The molecule has 3 aromatic carbocycles. The molecule has 5 aromatic rings. The van der Waals surface area contributed by atoms with Gasteiger partial charge in [-0.05, 0) is 74.0 Å². The van der Waals surface area contributed by atoms with Crippen LogP contribution in [0.1, 0.15) is 28.5 Å². The van der Waals surface area contributed by atoms with Crippen LogP contribution in [0, 0.1) is 17.0 Å². The number of nitro benzene ring substituents is 1. The maximum atomic E-state index is 13.4. The Morgan fingerprint density at radius 3 is 2.46 bits per heavy atom. The van der Waals surface area contributed by atoms with Crippen molar-refractivity contribution in [3.05, 3.63) is 112 Å². The number of pyridine rings is 1. The van der Waals surface area contributed by atoms with Crippen LogP contribution in [0.15, 0.2) is 90.0 Å². The molecule has 0 saturated heterocycles. The smallest absolute Gasteiger partial charge is 0.272 e. The van der Waals surface area contributed by atoms with Gasteiger partial charge >= 0.3 is 0 Å². The molecule has 0 saturated carbocycles. The normalized spacial score (nSPS) is 11.1. The SMILES string of the molecule is CCOc1ccc(-c2cc(C(=O)N/N=C\c3ccc([N+](=O)[O-])cc3)c3c(C)nn(-c4ccccc4)c3n2)cc1. The highest BCUT2D eigenvalue weighted by atomic mass is 16.6. The second-order valence-electron chi connectivity index (χ2n) is 8.59. The van der Waals surface area contributed by atoms with Gasteiger partial charge in [0.1, 0.15) is 5.75 Å². The number of nitrogens with zero attached hydrogens (tertiary/aromatic N) is 5. The van der Waals surface area contributed by atoms with E-state index in [2.05, 4.69) is 15.6 Å². The fraction of sp³-hybridized carbons (Fsp3) is 0.103. The minimum absolute atomic E-state index is 0.0249. The minimum atomic E-state index is -0.475. The van der Waals surface area contributed by atoms with Crippen molar-refractivity contribution in [1.29, 1.82) is 0 Å². The van der Waals surface area contributed by atoms with Crippen molar-refractivity contribution in [2.45, 2.75) is 13.8 Å². The first-order valence-corrected chi connectivity index (χ1v) is 12.2. The molecule has 2 heterocycles. The maximum Gasteiger partial charge on any atom is 0.272 e. The summed E-state index contributed by atoms with van der Waals surface area (Å²) in [6, 6.07) is 24.7.